The number of hydrogen-bond donors (Lipinski definition) is 2. The number of halogens is 1. The Labute approximate surface area is 78.3 Å². The molecular formula is C7H8BrN3O. The lowest BCUT2D eigenvalue weighted by atomic mass is 10.2. The van der Waals surface area contributed by atoms with E-state index in [0.717, 1.165) is 5.69 Å². The maximum Gasteiger partial charge on any atom is 0.267 e. The second-order valence-corrected chi connectivity index (χ2v) is 3.02. The first-order chi connectivity index (χ1) is 5.65. The average Bonchev–Trinajstić information content (AvgIpc) is 2.03. The Morgan fingerprint density at radius 3 is 2.83 bits per heavy atom. The van der Waals surface area contributed by atoms with Crippen LogP contribution in [0.5, 0.6) is 0 Å². The van der Waals surface area contributed by atoms with Crippen LogP contribution in [0.3, 0.4) is 0 Å². The van der Waals surface area contributed by atoms with E-state index in [1.807, 2.05) is 12.3 Å². The molecule has 0 bridgehead atoms. The molecular weight excluding hydrogens is 222 g/mol. The number of carbonyl (C=O) groups is 1. The zero-order valence-corrected chi connectivity index (χ0v) is 8.05. The molecule has 0 saturated carbocycles. The Morgan fingerprint density at radius 2 is 2.33 bits per heavy atom. The van der Waals surface area contributed by atoms with Crippen LogP contribution in [0.2, 0.25) is 0 Å². The molecule has 1 amide bonds. The topological polar surface area (TPSA) is 68.0 Å². The van der Waals surface area contributed by atoms with Crippen LogP contribution in [0.15, 0.2) is 16.7 Å². The third kappa shape index (κ3) is 1.80. The first kappa shape index (κ1) is 9.15. The van der Waals surface area contributed by atoms with Gasteiger partial charge in [0.25, 0.3) is 5.91 Å². The lowest BCUT2D eigenvalue weighted by molar-refractivity contribution is 0.0952. The highest BCUT2D eigenvalue weighted by molar-refractivity contribution is 9.10. The number of nitrogens with zero attached hydrogens (tertiary/aromatic N) is 1. The number of aryl methyl sites for hydroxylation is 1. The maximum atomic E-state index is 11.0. The molecule has 0 unspecified atom stereocenters. The van der Waals surface area contributed by atoms with Crippen molar-refractivity contribution in [1.82, 2.24) is 10.4 Å². The van der Waals surface area contributed by atoms with Crippen molar-refractivity contribution in [3.63, 3.8) is 0 Å². The van der Waals surface area contributed by atoms with Crippen LogP contribution in [0.25, 0.3) is 0 Å². The van der Waals surface area contributed by atoms with Crippen LogP contribution < -0.4 is 11.3 Å². The van der Waals surface area contributed by atoms with Gasteiger partial charge < -0.3 is 0 Å². The number of aromatic nitrogens is 1. The van der Waals surface area contributed by atoms with Gasteiger partial charge in [0, 0.05) is 5.69 Å². The Kier molecular flexibility index (Phi) is 2.78. The number of nitrogens with two attached hydrogens (primary N) is 1. The Morgan fingerprint density at radius 1 is 1.67 bits per heavy atom. The molecule has 5 heteroatoms. The van der Waals surface area contributed by atoms with Crippen molar-refractivity contribution < 1.29 is 4.79 Å². The van der Waals surface area contributed by atoms with Crippen molar-refractivity contribution in [1.29, 1.82) is 0 Å². The molecule has 1 heterocycles. The number of nitrogens with one attached hydrogen (secondary N) is 1. The molecule has 1 rings (SSSR count). The summed E-state index contributed by atoms with van der Waals surface area (Å²) in [6.07, 6.45) is 0. The van der Waals surface area contributed by atoms with Gasteiger partial charge in [-0.2, -0.15) is 0 Å². The van der Waals surface area contributed by atoms with Gasteiger partial charge in [0.2, 0.25) is 0 Å². The quantitative estimate of drug-likeness (QED) is 0.324. The van der Waals surface area contributed by atoms with Gasteiger partial charge in [0.05, 0.1) is 5.56 Å². The molecule has 0 fully saturated rings. The van der Waals surface area contributed by atoms with E-state index in [1.165, 1.54) is 0 Å². The minimum absolute atomic E-state index is 0.352. The molecule has 0 saturated heterocycles. The van der Waals surface area contributed by atoms with Gasteiger partial charge in [0.1, 0.15) is 4.60 Å². The molecule has 1 aromatic rings. The fraction of sp³-hybridized carbons (Fsp3) is 0.143. The van der Waals surface area contributed by atoms with Crippen molar-refractivity contribution in [3.05, 3.63) is 28.0 Å². The van der Waals surface area contributed by atoms with E-state index in [4.69, 9.17) is 5.84 Å². The number of nitrogen functional groups attached to an aromatic ring is 1. The Balaban J connectivity index is 3.09. The number of pyridine rings is 1. The van der Waals surface area contributed by atoms with E-state index in [-0.39, 0.29) is 5.91 Å². The molecule has 0 atom stereocenters. The standard InChI is InChI=1S/C7H8BrN3O/c1-4-2-3-5(6(8)10-4)7(12)11-9/h2-3H,9H2,1H3,(H,11,12). The monoisotopic (exact) mass is 229 g/mol. The van der Waals surface area contributed by atoms with E-state index >= 15 is 0 Å². The third-order valence-electron chi connectivity index (χ3n) is 1.36. The van der Waals surface area contributed by atoms with Gasteiger partial charge in [-0.05, 0) is 35.0 Å². The van der Waals surface area contributed by atoms with Crippen LogP contribution in [0, 0.1) is 6.92 Å². The van der Waals surface area contributed by atoms with Crippen molar-refractivity contribution in [2.24, 2.45) is 5.84 Å². The molecule has 0 aliphatic heterocycles. The predicted molar refractivity (Wildman–Crippen MR) is 48.3 cm³/mol. The molecule has 64 valence electrons. The minimum atomic E-state index is -0.352. The number of hydrazine groups is 1. The summed E-state index contributed by atoms with van der Waals surface area (Å²) < 4.78 is 0.505. The summed E-state index contributed by atoms with van der Waals surface area (Å²) in [4.78, 5) is 15.1. The number of rotatable bonds is 1. The van der Waals surface area contributed by atoms with E-state index < -0.39 is 0 Å². The summed E-state index contributed by atoms with van der Waals surface area (Å²) in [5.41, 5.74) is 3.31. The first-order valence-corrected chi connectivity index (χ1v) is 4.08. The molecule has 4 nitrogen and oxygen atoms in total. The van der Waals surface area contributed by atoms with Crippen molar-refractivity contribution in [2.45, 2.75) is 6.92 Å². The Bertz CT molecular complexity index is 314. The SMILES string of the molecule is Cc1ccc(C(=O)NN)c(Br)n1. The largest absolute Gasteiger partial charge is 0.290 e. The van der Waals surface area contributed by atoms with Gasteiger partial charge >= 0.3 is 0 Å². The van der Waals surface area contributed by atoms with Crippen molar-refractivity contribution >= 4 is 21.8 Å². The summed E-state index contributed by atoms with van der Waals surface area (Å²) in [5.74, 6) is 4.61. The average molecular weight is 230 g/mol. The van der Waals surface area contributed by atoms with Crippen LogP contribution in [-0.2, 0) is 0 Å². The summed E-state index contributed by atoms with van der Waals surface area (Å²) in [6, 6.07) is 3.41. The van der Waals surface area contributed by atoms with Gasteiger partial charge in [0.15, 0.2) is 0 Å². The van der Waals surface area contributed by atoms with Gasteiger partial charge in [-0.15, -0.1) is 0 Å². The molecule has 0 aliphatic carbocycles. The molecule has 0 spiro atoms. The zero-order chi connectivity index (χ0) is 9.14. The van der Waals surface area contributed by atoms with Crippen LogP contribution in [0.4, 0.5) is 0 Å². The normalized spacial score (nSPS) is 9.58. The predicted octanol–water partition coefficient (Wildman–Crippen LogP) is 0.756. The summed E-state index contributed by atoms with van der Waals surface area (Å²) in [7, 11) is 0. The molecule has 12 heavy (non-hydrogen) atoms. The van der Waals surface area contributed by atoms with E-state index in [1.54, 1.807) is 12.1 Å². The molecule has 0 radical (unpaired) electrons. The molecule has 0 aliphatic rings. The summed E-state index contributed by atoms with van der Waals surface area (Å²) in [6.45, 7) is 1.84. The zero-order valence-electron chi connectivity index (χ0n) is 6.47. The van der Waals surface area contributed by atoms with Crippen molar-refractivity contribution in [3.8, 4) is 0 Å². The van der Waals surface area contributed by atoms with Crippen LogP contribution >= 0.6 is 15.9 Å². The van der Waals surface area contributed by atoms with Crippen LogP contribution in [-0.4, -0.2) is 10.9 Å². The van der Waals surface area contributed by atoms with Gasteiger partial charge in [-0.25, -0.2) is 10.8 Å². The number of carbonyl (C=O) groups excluding carboxylic acids is 1. The second-order valence-electron chi connectivity index (χ2n) is 2.26. The van der Waals surface area contributed by atoms with Gasteiger partial charge in [-0.3, -0.25) is 10.2 Å². The lowest BCUT2D eigenvalue weighted by Gasteiger charge is -2.01. The molecule has 0 aromatic carbocycles. The lowest BCUT2D eigenvalue weighted by Crippen LogP contribution is -2.30. The smallest absolute Gasteiger partial charge is 0.267 e. The highest BCUT2D eigenvalue weighted by Gasteiger charge is 2.08. The van der Waals surface area contributed by atoms with E-state index in [0.29, 0.717) is 10.2 Å². The first-order valence-electron chi connectivity index (χ1n) is 3.29. The highest BCUT2D eigenvalue weighted by Crippen LogP contribution is 2.13. The fourth-order valence-corrected chi connectivity index (χ4v) is 1.36. The second kappa shape index (κ2) is 3.64. The minimum Gasteiger partial charge on any atom is -0.290 e. The van der Waals surface area contributed by atoms with Gasteiger partial charge in [-0.1, -0.05) is 0 Å². The number of amides is 1. The summed E-state index contributed by atoms with van der Waals surface area (Å²) >= 11 is 3.16. The van der Waals surface area contributed by atoms with E-state index in [9.17, 15) is 4.79 Å². The van der Waals surface area contributed by atoms with Crippen molar-refractivity contribution in [2.75, 3.05) is 0 Å². The third-order valence-corrected chi connectivity index (χ3v) is 1.97. The maximum absolute atomic E-state index is 11.0. The molecule has 1 aromatic heterocycles. The molecule has 3 N–H and O–H groups in total. The summed E-state index contributed by atoms with van der Waals surface area (Å²) in [5, 5.41) is 0. The van der Waals surface area contributed by atoms with Crippen LogP contribution in [0.1, 0.15) is 16.1 Å². The van der Waals surface area contributed by atoms with E-state index in [2.05, 4.69) is 20.9 Å². The highest BCUT2D eigenvalue weighted by atomic mass is 79.9. The Hall–Kier alpha value is -0.940. The number of hydrogen-bond acceptors (Lipinski definition) is 3. The fourth-order valence-electron chi connectivity index (χ4n) is 0.772.